The number of benzene rings is 1. The Morgan fingerprint density at radius 1 is 1.37 bits per heavy atom. The first-order chi connectivity index (χ1) is 9.22. The van der Waals surface area contributed by atoms with E-state index in [1.54, 1.807) is 6.20 Å². The topological polar surface area (TPSA) is 60.9 Å². The molecule has 0 saturated carbocycles. The number of rotatable bonds is 6. The monoisotopic (exact) mass is 257 g/mol. The van der Waals surface area contributed by atoms with Gasteiger partial charge in [0.1, 0.15) is 0 Å². The van der Waals surface area contributed by atoms with Gasteiger partial charge in [-0.15, -0.1) is 0 Å². The third-order valence-electron chi connectivity index (χ3n) is 3.06. The first-order valence-corrected chi connectivity index (χ1v) is 6.57. The summed E-state index contributed by atoms with van der Waals surface area (Å²) < 4.78 is 1.89. The first kappa shape index (κ1) is 13.5. The van der Waals surface area contributed by atoms with Gasteiger partial charge < -0.3 is 10.3 Å². The normalized spacial score (nSPS) is 12.3. The molecular formula is C15H19N3O. The van der Waals surface area contributed by atoms with Gasteiger partial charge in [0.15, 0.2) is 11.6 Å². The molecule has 0 aliphatic heterocycles. The van der Waals surface area contributed by atoms with E-state index in [0.29, 0.717) is 5.82 Å². The van der Waals surface area contributed by atoms with Crippen LogP contribution in [0.4, 0.5) is 0 Å². The quantitative estimate of drug-likeness (QED) is 0.809. The van der Waals surface area contributed by atoms with Gasteiger partial charge in [0.05, 0.1) is 0 Å². The number of aromatic nitrogens is 2. The second kappa shape index (κ2) is 6.29. The fourth-order valence-corrected chi connectivity index (χ4v) is 2.09. The number of carbonyl (C=O) groups is 1. The maximum Gasteiger partial charge on any atom is 0.200 e. The average Bonchev–Trinajstić information content (AvgIpc) is 2.88. The SMILES string of the molecule is CCCn1ccnc1C(=O)CC(N)c1ccccc1. The van der Waals surface area contributed by atoms with E-state index in [1.165, 1.54) is 0 Å². The predicted molar refractivity (Wildman–Crippen MR) is 74.8 cm³/mol. The minimum Gasteiger partial charge on any atom is -0.329 e. The molecular weight excluding hydrogens is 238 g/mol. The van der Waals surface area contributed by atoms with Gasteiger partial charge in [-0.05, 0) is 12.0 Å². The molecule has 0 radical (unpaired) electrons. The van der Waals surface area contributed by atoms with Crippen molar-refractivity contribution in [2.45, 2.75) is 32.4 Å². The fraction of sp³-hybridized carbons (Fsp3) is 0.333. The molecule has 100 valence electrons. The minimum absolute atomic E-state index is 0.00481. The summed E-state index contributed by atoms with van der Waals surface area (Å²) in [5.74, 6) is 0.503. The highest BCUT2D eigenvalue weighted by atomic mass is 16.1. The van der Waals surface area contributed by atoms with Crippen LogP contribution in [0.15, 0.2) is 42.7 Å². The number of hydrogen-bond acceptors (Lipinski definition) is 3. The van der Waals surface area contributed by atoms with Crippen LogP contribution < -0.4 is 5.73 Å². The van der Waals surface area contributed by atoms with Gasteiger partial charge in [0.25, 0.3) is 0 Å². The molecule has 0 amide bonds. The van der Waals surface area contributed by atoms with Crippen LogP contribution in [-0.4, -0.2) is 15.3 Å². The molecule has 2 rings (SSSR count). The fourth-order valence-electron chi connectivity index (χ4n) is 2.09. The van der Waals surface area contributed by atoms with Crippen LogP contribution in [0.5, 0.6) is 0 Å². The van der Waals surface area contributed by atoms with E-state index < -0.39 is 0 Å². The van der Waals surface area contributed by atoms with E-state index >= 15 is 0 Å². The first-order valence-electron chi connectivity index (χ1n) is 6.57. The highest BCUT2D eigenvalue weighted by Crippen LogP contribution is 2.16. The van der Waals surface area contributed by atoms with E-state index in [2.05, 4.69) is 11.9 Å². The lowest BCUT2D eigenvalue weighted by atomic mass is 10.0. The Bertz CT molecular complexity index is 533. The van der Waals surface area contributed by atoms with Gasteiger partial charge in [-0.1, -0.05) is 37.3 Å². The standard InChI is InChI=1S/C15H19N3O/c1-2-9-18-10-8-17-15(18)14(19)11-13(16)12-6-4-3-5-7-12/h3-8,10,13H,2,9,11,16H2,1H3. The molecule has 0 spiro atoms. The number of nitrogens with two attached hydrogens (primary N) is 1. The molecule has 2 aromatic rings. The third-order valence-corrected chi connectivity index (χ3v) is 3.06. The molecule has 0 bridgehead atoms. The zero-order chi connectivity index (χ0) is 13.7. The molecule has 1 aromatic heterocycles. The number of Topliss-reactive ketones (excluding diaryl/α,β-unsaturated/α-hetero) is 1. The van der Waals surface area contributed by atoms with Crippen LogP contribution in [0.3, 0.4) is 0 Å². The van der Waals surface area contributed by atoms with Gasteiger partial charge >= 0.3 is 0 Å². The number of nitrogens with zero attached hydrogens (tertiary/aromatic N) is 2. The van der Waals surface area contributed by atoms with Crippen LogP contribution in [0.2, 0.25) is 0 Å². The number of carbonyl (C=O) groups excluding carboxylic acids is 1. The number of aryl methyl sites for hydroxylation is 1. The molecule has 1 aromatic carbocycles. The molecule has 4 nitrogen and oxygen atoms in total. The van der Waals surface area contributed by atoms with Gasteiger partial charge in [0, 0.05) is 31.4 Å². The lowest BCUT2D eigenvalue weighted by Gasteiger charge is -2.11. The van der Waals surface area contributed by atoms with Gasteiger partial charge in [-0.2, -0.15) is 0 Å². The van der Waals surface area contributed by atoms with Gasteiger partial charge in [0.2, 0.25) is 0 Å². The number of hydrogen-bond donors (Lipinski definition) is 1. The van der Waals surface area contributed by atoms with Gasteiger partial charge in [-0.25, -0.2) is 4.98 Å². The summed E-state index contributed by atoms with van der Waals surface area (Å²) >= 11 is 0. The molecule has 1 atom stereocenters. The zero-order valence-corrected chi connectivity index (χ0v) is 11.1. The second-order valence-corrected chi connectivity index (χ2v) is 4.59. The molecule has 19 heavy (non-hydrogen) atoms. The maximum atomic E-state index is 12.2. The minimum atomic E-state index is -0.277. The van der Waals surface area contributed by atoms with Crippen LogP contribution >= 0.6 is 0 Å². The molecule has 4 heteroatoms. The van der Waals surface area contributed by atoms with Crippen molar-refractivity contribution in [2.75, 3.05) is 0 Å². The molecule has 0 fully saturated rings. The third kappa shape index (κ3) is 3.29. The Balaban J connectivity index is 2.06. The molecule has 0 aliphatic rings. The Labute approximate surface area is 113 Å². The summed E-state index contributed by atoms with van der Waals surface area (Å²) in [7, 11) is 0. The van der Waals surface area contributed by atoms with E-state index in [4.69, 9.17) is 5.73 Å². The smallest absolute Gasteiger partial charge is 0.200 e. The van der Waals surface area contributed by atoms with E-state index in [0.717, 1.165) is 18.5 Å². The Morgan fingerprint density at radius 2 is 2.11 bits per heavy atom. The lowest BCUT2D eigenvalue weighted by Crippen LogP contribution is -2.18. The Kier molecular flexibility index (Phi) is 4.47. The second-order valence-electron chi connectivity index (χ2n) is 4.59. The van der Waals surface area contributed by atoms with Crippen LogP contribution in [-0.2, 0) is 6.54 Å². The summed E-state index contributed by atoms with van der Waals surface area (Å²) in [6.07, 6.45) is 4.76. The largest absolute Gasteiger partial charge is 0.329 e. The maximum absolute atomic E-state index is 12.2. The van der Waals surface area contributed by atoms with Crippen LogP contribution in [0, 0.1) is 0 Å². The lowest BCUT2D eigenvalue weighted by molar-refractivity contribution is 0.0960. The van der Waals surface area contributed by atoms with E-state index in [9.17, 15) is 4.79 Å². The van der Waals surface area contributed by atoms with Crippen molar-refractivity contribution >= 4 is 5.78 Å². The molecule has 2 N–H and O–H groups in total. The van der Waals surface area contributed by atoms with Crippen molar-refractivity contribution in [1.82, 2.24) is 9.55 Å². The van der Waals surface area contributed by atoms with Crippen molar-refractivity contribution in [3.63, 3.8) is 0 Å². The Hall–Kier alpha value is -1.94. The predicted octanol–water partition coefficient (Wildman–Crippen LogP) is 2.57. The van der Waals surface area contributed by atoms with Crippen molar-refractivity contribution < 1.29 is 4.79 Å². The number of ketones is 1. The average molecular weight is 257 g/mol. The van der Waals surface area contributed by atoms with Gasteiger partial charge in [-0.3, -0.25) is 4.79 Å². The van der Waals surface area contributed by atoms with Crippen LogP contribution in [0.25, 0.3) is 0 Å². The van der Waals surface area contributed by atoms with Crippen molar-refractivity contribution in [1.29, 1.82) is 0 Å². The zero-order valence-electron chi connectivity index (χ0n) is 11.1. The highest BCUT2D eigenvalue weighted by Gasteiger charge is 2.17. The molecule has 0 aliphatic carbocycles. The summed E-state index contributed by atoms with van der Waals surface area (Å²) in [4.78, 5) is 16.4. The van der Waals surface area contributed by atoms with E-state index in [-0.39, 0.29) is 18.2 Å². The summed E-state index contributed by atoms with van der Waals surface area (Å²) in [6.45, 7) is 2.88. The molecule has 0 saturated heterocycles. The van der Waals surface area contributed by atoms with Crippen molar-refractivity contribution in [2.24, 2.45) is 5.73 Å². The van der Waals surface area contributed by atoms with Crippen LogP contribution in [0.1, 0.15) is 42.0 Å². The Morgan fingerprint density at radius 3 is 2.79 bits per heavy atom. The van der Waals surface area contributed by atoms with Crippen molar-refractivity contribution in [3.8, 4) is 0 Å². The number of imidazole rings is 1. The molecule has 1 unspecified atom stereocenters. The van der Waals surface area contributed by atoms with E-state index in [1.807, 2.05) is 41.1 Å². The molecule has 1 heterocycles. The summed E-state index contributed by atoms with van der Waals surface area (Å²) in [5, 5.41) is 0. The summed E-state index contributed by atoms with van der Waals surface area (Å²) in [6, 6.07) is 9.40. The van der Waals surface area contributed by atoms with Crippen molar-refractivity contribution in [3.05, 3.63) is 54.1 Å². The summed E-state index contributed by atoms with van der Waals surface area (Å²) in [5.41, 5.74) is 7.04. The highest BCUT2D eigenvalue weighted by molar-refractivity contribution is 5.93.